The number of amides is 1. The third-order valence-corrected chi connectivity index (χ3v) is 4.57. The van der Waals surface area contributed by atoms with Crippen molar-refractivity contribution in [2.45, 2.75) is 6.42 Å². The molecule has 1 amide bonds. The van der Waals surface area contributed by atoms with Crippen molar-refractivity contribution in [2.24, 2.45) is 5.92 Å². The number of hydrogen-bond donors (Lipinski definition) is 1. The molecule has 0 saturated heterocycles. The standard InChI is InChI=1S/C19H19N5O/c1-23-12-15(10-14-4-2-3-5-17(14)23)19(25)22-16-11-20-7-6-18(16)24-9-8-21-13-24/h2-9,11,13,15H,10,12H2,1H3,(H,22,25). The van der Waals surface area contributed by atoms with Crippen LogP contribution < -0.4 is 10.2 Å². The molecule has 1 aliphatic heterocycles. The van der Waals surface area contributed by atoms with Crippen molar-refractivity contribution in [1.82, 2.24) is 14.5 Å². The van der Waals surface area contributed by atoms with Crippen LogP contribution in [0.5, 0.6) is 0 Å². The number of carbonyl (C=O) groups excluding carboxylic acids is 1. The highest BCUT2D eigenvalue weighted by Gasteiger charge is 2.27. The number of pyridine rings is 1. The van der Waals surface area contributed by atoms with E-state index in [1.807, 2.05) is 36.0 Å². The summed E-state index contributed by atoms with van der Waals surface area (Å²) in [6.07, 6.45) is 9.38. The Bertz CT molecular complexity index is 890. The Morgan fingerprint density at radius 1 is 1.16 bits per heavy atom. The van der Waals surface area contributed by atoms with Crippen molar-refractivity contribution in [3.63, 3.8) is 0 Å². The Hall–Kier alpha value is -3.15. The second-order valence-corrected chi connectivity index (χ2v) is 6.26. The number of hydrogen-bond acceptors (Lipinski definition) is 4. The predicted octanol–water partition coefficient (Wildman–Crippen LogP) is 2.51. The topological polar surface area (TPSA) is 63.1 Å². The van der Waals surface area contributed by atoms with Crippen LogP contribution in [0.2, 0.25) is 0 Å². The third-order valence-electron chi connectivity index (χ3n) is 4.57. The first-order valence-electron chi connectivity index (χ1n) is 8.24. The number of rotatable bonds is 3. The summed E-state index contributed by atoms with van der Waals surface area (Å²) >= 11 is 0. The van der Waals surface area contributed by atoms with Crippen molar-refractivity contribution < 1.29 is 4.79 Å². The summed E-state index contributed by atoms with van der Waals surface area (Å²) in [4.78, 5) is 23.2. The summed E-state index contributed by atoms with van der Waals surface area (Å²) in [6, 6.07) is 10.1. The maximum Gasteiger partial charge on any atom is 0.229 e. The second kappa shape index (κ2) is 6.39. The van der Waals surface area contributed by atoms with E-state index in [0.717, 1.165) is 12.1 Å². The maximum absolute atomic E-state index is 12.9. The van der Waals surface area contributed by atoms with Crippen molar-refractivity contribution in [3.8, 4) is 5.69 Å². The Balaban J connectivity index is 1.56. The van der Waals surface area contributed by atoms with E-state index in [0.29, 0.717) is 12.2 Å². The first kappa shape index (κ1) is 15.4. The van der Waals surface area contributed by atoms with Gasteiger partial charge in [0.2, 0.25) is 5.91 Å². The minimum atomic E-state index is -0.101. The quantitative estimate of drug-likeness (QED) is 0.800. The van der Waals surface area contributed by atoms with Crippen molar-refractivity contribution >= 4 is 17.3 Å². The van der Waals surface area contributed by atoms with Crippen LogP contribution in [0, 0.1) is 5.92 Å². The Morgan fingerprint density at radius 3 is 2.88 bits per heavy atom. The van der Waals surface area contributed by atoms with Gasteiger partial charge >= 0.3 is 0 Å². The molecule has 6 nitrogen and oxygen atoms in total. The minimum Gasteiger partial charge on any atom is -0.374 e. The van der Waals surface area contributed by atoms with Gasteiger partial charge in [-0.1, -0.05) is 18.2 Å². The zero-order chi connectivity index (χ0) is 17.2. The number of nitrogens with zero attached hydrogens (tertiary/aromatic N) is 4. The summed E-state index contributed by atoms with van der Waals surface area (Å²) in [7, 11) is 2.03. The molecule has 0 fully saturated rings. The fraction of sp³-hybridized carbons (Fsp3) is 0.211. The lowest BCUT2D eigenvalue weighted by Crippen LogP contribution is -2.39. The Kier molecular flexibility index (Phi) is 3.93. The van der Waals surface area contributed by atoms with Crippen LogP contribution in [-0.2, 0) is 11.2 Å². The number of imidazole rings is 1. The zero-order valence-electron chi connectivity index (χ0n) is 14.0. The van der Waals surface area contributed by atoms with Gasteiger partial charge in [-0.25, -0.2) is 4.98 Å². The van der Waals surface area contributed by atoms with E-state index < -0.39 is 0 Å². The molecule has 6 heteroatoms. The summed E-state index contributed by atoms with van der Waals surface area (Å²) in [6.45, 7) is 0.698. The van der Waals surface area contributed by atoms with E-state index in [9.17, 15) is 4.79 Å². The largest absolute Gasteiger partial charge is 0.374 e. The smallest absolute Gasteiger partial charge is 0.229 e. The van der Waals surface area contributed by atoms with Crippen LogP contribution in [0.4, 0.5) is 11.4 Å². The van der Waals surface area contributed by atoms with E-state index in [2.05, 4.69) is 32.3 Å². The number of benzene rings is 1. The lowest BCUT2D eigenvalue weighted by atomic mass is 9.92. The Morgan fingerprint density at radius 2 is 2.04 bits per heavy atom. The van der Waals surface area contributed by atoms with Gasteiger partial charge in [-0.3, -0.25) is 9.78 Å². The summed E-state index contributed by atoms with van der Waals surface area (Å²) in [5.74, 6) is -0.0912. The minimum absolute atomic E-state index is 0.00992. The summed E-state index contributed by atoms with van der Waals surface area (Å²) < 4.78 is 1.86. The molecule has 0 radical (unpaired) electrons. The van der Waals surface area contributed by atoms with Crippen LogP contribution >= 0.6 is 0 Å². The van der Waals surface area contributed by atoms with Gasteiger partial charge in [0.15, 0.2) is 0 Å². The number of para-hydroxylation sites is 1. The van der Waals surface area contributed by atoms with E-state index in [-0.39, 0.29) is 11.8 Å². The van der Waals surface area contributed by atoms with E-state index in [1.165, 1.54) is 11.3 Å². The number of fused-ring (bicyclic) bond motifs is 1. The maximum atomic E-state index is 12.9. The number of anilines is 2. The predicted molar refractivity (Wildman–Crippen MR) is 96.9 cm³/mol. The fourth-order valence-electron chi connectivity index (χ4n) is 3.34. The lowest BCUT2D eigenvalue weighted by Gasteiger charge is -2.32. The van der Waals surface area contributed by atoms with E-state index in [1.54, 1.807) is 24.9 Å². The van der Waals surface area contributed by atoms with Crippen LogP contribution in [0.25, 0.3) is 5.69 Å². The summed E-state index contributed by atoms with van der Waals surface area (Å²) in [5, 5.41) is 3.04. The fourth-order valence-corrected chi connectivity index (χ4v) is 3.34. The van der Waals surface area contributed by atoms with Gasteiger partial charge in [0.25, 0.3) is 0 Å². The molecular formula is C19H19N5O. The highest BCUT2D eigenvalue weighted by Crippen LogP contribution is 2.29. The van der Waals surface area contributed by atoms with E-state index >= 15 is 0 Å². The molecule has 3 aromatic rings. The van der Waals surface area contributed by atoms with Crippen molar-refractivity contribution in [3.05, 3.63) is 67.0 Å². The zero-order valence-corrected chi connectivity index (χ0v) is 14.0. The van der Waals surface area contributed by atoms with Crippen LogP contribution in [0.1, 0.15) is 5.56 Å². The first-order valence-corrected chi connectivity index (χ1v) is 8.24. The molecule has 0 aliphatic carbocycles. The highest BCUT2D eigenvalue weighted by molar-refractivity contribution is 5.95. The van der Waals surface area contributed by atoms with Gasteiger partial charge in [-0.05, 0) is 24.1 Å². The molecule has 1 atom stereocenters. The molecule has 1 aromatic carbocycles. The highest BCUT2D eigenvalue weighted by atomic mass is 16.1. The molecule has 1 N–H and O–H groups in total. The molecule has 0 saturated carbocycles. The first-order chi connectivity index (χ1) is 12.2. The normalized spacial score (nSPS) is 16.4. The molecule has 25 heavy (non-hydrogen) atoms. The summed E-state index contributed by atoms with van der Waals surface area (Å²) in [5.41, 5.74) is 3.95. The molecule has 0 bridgehead atoms. The molecule has 4 rings (SSSR count). The van der Waals surface area contributed by atoms with Gasteiger partial charge < -0.3 is 14.8 Å². The average molecular weight is 333 g/mol. The van der Waals surface area contributed by atoms with Crippen LogP contribution in [-0.4, -0.2) is 34.0 Å². The molecular weight excluding hydrogens is 314 g/mol. The molecule has 1 aliphatic rings. The molecule has 1 unspecified atom stereocenters. The molecule has 3 heterocycles. The second-order valence-electron chi connectivity index (χ2n) is 6.26. The van der Waals surface area contributed by atoms with Crippen molar-refractivity contribution in [1.29, 1.82) is 0 Å². The SMILES string of the molecule is CN1CC(C(=O)Nc2cnccc2-n2ccnc2)Cc2ccccc21. The van der Waals surface area contributed by atoms with Gasteiger partial charge in [-0.15, -0.1) is 0 Å². The molecule has 0 spiro atoms. The number of carbonyl (C=O) groups is 1. The van der Waals surface area contributed by atoms with Gasteiger partial charge in [-0.2, -0.15) is 0 Å². The monoisotopic (exact) mass is 333 g/mol. The lowest BCUT2D eigenvalue weighted by molar-refractivity contribution is -0.119. The third kappa shape index (κ3) is 2.98. The molecule has 126 valence electrons. The van der Waals surface area contributed by atoms with Crippen LogP contribution in [0.3, 0.4) is 0 Å². The Labute approximate surface area is 146 Å². The van der Waals surface area contributed by atoms with Crippen LogP contribution in [0.15, 0.2) is 61.4 Å². The van der Waals surface area contributed by atoms with Gasteiger partial charge in [0.1, 0.15) is 0 Å². The number of aromatic nitrogens is 3. The van der Waals surface area contributed by atoms with Crippen molar-refractivity contribution in [2.75, 3.05) is 23.8 Å². The van der Waals surface area contributed by atoms with Gasteiger partial charge in [0, 0.05) is 37.9 Å². The van der Waals surface area contributed by atoms with E-state index in [4.69, 9.17) is 0 Å². The molecule has 2 aromatic heterocycles. The number of nitrogens with one attached hydrogen (secondary N) is 1. The average Bonchev–Trinajstić information content (AvgIpc) is 3.16. The van der Waals surface area contributed by atoms with Gasteiger partial charge in [0.05, 0.1) is 29.8 Å².